The van der Waals surface area contributed by atoms with Crippen molar-refractivity contribution in [2.45, 2.75) is 6.42 Å². The molecular formula is C9H18N2O2S2. The van der Waals surface area contributed by atoms with Crippen LogP contribution in [0.15, 0.2) is 0 Å². The van der Waals surface area contributed by atoms with Crippen LogP contribution in [0.5, 0.6) is 0 Å². The molecule has 0 atom stereocenters. The maximum absolute atomic E-state index is 11.1. The van der Waals surface area contributed by atoms with Crippen LogP contribution in [0.2, 0.25) is 0 Å². The van der Waals surface area contributed by atoms with Gasteiger partial charge in [0, 0.05) is 55.7 Å². The summed E-state index contributed by atoms with van der Waals surface area (Å²) >= 11 is 5.24. The van der Waals surface area contributed by atoms with Gasteiger partial charge in [-0.25, -0.2) is 0 Å². The number of hydrogen-bond donors (Lipinski definition) is 1. The van der Waals surface area contributed by atoms with Crippen molar-refractivity contribution in [2.75, 3.05) is 44.9 Å². The number of nitrogens with one attached hydrogen (secondary N) is 1. The fraction of sp³-hybridized carbons (Fsp3) is 0.889. The second-order valence-corrected chi connectivity index (χ2v) is 5.50. The minimum absolute atomic E-state index is 0.635. The van der Waals surface area contributed by atoms with Crippen LogP contribution in [0.25, 0.3) is 0 Å². The highest BCUT2D eigenvalue weighted by Crippen LogP contribution is 2.00. The van der Waals surface area contributed by atoms with E-state index < -0.39 is 10.8 Å². The van der Waals surface area contributed by atoms with E-state index in [0.717, 1.165) is 49.3 Å². The first-order chi connectivity index (χ1) is 7.24. The second-order valence-electron chi connectivity index (χ2n) is 3.41. The average Bonchev–Trinajstić information content (AvgIpc) is 2.25. The van der Waals surface area contributed by atoms with E-state index in [1.165, 1.54) is 0 Å². The quantitative estimate of drug-likeness (QED) is 0.560. The summed E-state index contributed by atoms with van der Waals surface area (Å²) in [6, 6.07) is 0. The molecular weight excluding hydrogens is 232 g/mol. The van der Waals surface area contributed by atoms with Gasteiger partial charge in [0.05, 0.1) is 0 Å². The summed E-state index contributed by atoms with van der Waals surface area (Å²) in [5.41, 5.74) is 0. The molecule has 1 N–H and O–H groups in total. The molecule has 0 spiro atoms. The Labute approximate surface area is 98.8 Å². The third-order valence-electron chi connectivity index (χ3n) is 2.27. The van der Waals surface area contributed by atoms with E-state index in [-0.39, 0.29) is 0 Å². The van der Waals surface area contributed by atoms with Crippen LogP contribution in [0.4, 0.5) is 0 Å². The standard InChI is InChI=1S/C9H18N2O2S2/c1-13-6-2-3-10-9(14)11-4-7-15(12)8-5-11/h2-8H2,1H3,(H,10,14). The van der Waals surface area contributed by atoms with Crippen LogP contribution in [-0.4, -0.2) is 59.1 Å². The Kier molecular flexibility index (Phi) is 6.12. The minimum atomic E-state index is -0.635. The molecule has 1 aliphatic heterocycles. The van der Waals surface area contributed by atoms with E-state index >= 15 is 0 Å². The van der Waals surface area contributed by atoms with E-state index in [9.17, 15) is 4.21 Å². The second kappa shape index (κ2) is 7.14. The summed E-state index contributed by atoms with van der Waals surface area (Å²) in [6.45, 7) is 3.21. The van der Waals surface area contributed by atoms with E-state index in [2.05, 4.69) is 10.2 Å². The topological polar surface area (TPSA) is 41.6 Å². The van der Waals surface area contributed by atoms with Crippen molar-refractivity contribution in [3.8, 4) is 0 Å². The molecule has 15 heavy (non-hydrogen) atoms. The lowest BCUT2D eigenvalue weighted by molar-refractivity contribution is 0.195. The van der Waals surface area contributed by atoms with Crippen LogP contribution >= 0.6 is 12.2 Å². The number of nitrogens with zero attached hydrogens (tertiary/aromatic N) is 1. The van der Waals surface area contributed by atoms with Gasteiger partial charge in [0.2, 0.25) is 0 Å². The zero-order chi connectivity index (χ0) is 11.1. The molecule has 0 aromatic heterocycles. The lowest BCUT2D eigenvalue weighted by Gasteiger charge is -2.28. The van der Waals surface area contributed by atoms with Gasteiger partial charge in [0.15, 0.2) is 5.11 Å². The highest BCUT2D eigenvalue weighted by Gasteiger charge is 2.16. The number of ether oxygens (including phenoxy) is 1. The molecule has 4 nitrogen and oxygen atoms in total. The molecule has 0 bridgehead atoms. The molecule has 1 aliphatic rings. The first-order valence-corrected chi connectivity index (χ1v) is 7.00. The molecule has 1 rings (SSSR count). The van der Waals surface area contributed by atoms with Crippen molar-refractivity contribution in [1.82, 2.24) is 10.2 Å². The lowest BCUT2D eigenvalue weighted by atomic mass is 10.4. The van der Waals surface area contributed by atoms with Gasteiger partial charge in [-0.15, -0.1) is 0 Å². The van der Waals surface area contributed by atoms with Crippen molar-refractivity contribution < 1.29 is 8.95 Å². The summed E-state index contributed by atoms with van der Waals surface area (Å²) in [4.78, 5) is 2.09. The van der Waals surface area contributed by atoms with Crippen molar-refractivity contribution in [3.05, 3.63) is 0 Å². The molecule has 0 radical (unpaired) electrons. The van der Waals surface area contributed by atoms with Crippen LogP contribution < -0.4 is 5.32 Å². The minimum Gasteiger partial charge on any atom is -0.385 e. The lowest BCUT2D eigenvalue weighted by Crippen LogP contribution is -2.47. The van der Waals surface area contributed by atoms with E-state index in [0.29, 0.717) is 0 Å². The van der Waals surface area contributed by atoms with Gasteiger partial charge in [-0.05, 0) is 18.6 Å². The fourth-order valence-electron chi connectivity index (χ4n) is 1.36. The number of rotatable bonds is 4. The third kappa shape index (κ3) is 4.90. The Hall–Kier alpha value is -0.200. The van der Waals surface area contributed by atoms with Gasteiger partial charge in [-0.3, -0.25) is 4.21 Å². The fourth-order valence-corrected chi connectivity index (χ4v) is 2.70. The molecule has 0 aliphatic carbocycles. The first-order valence-electron chi connectivity index (χ1n) is 5.10. The predicted molar refractivity (Wildman–Crippen MR) is 66.5 cm³/mol. The molecule has 0 aromatic carbocycles. The third-order valence-corrected chi connectivity index (χ3v) is 3.94. The Morgan fingerprint density at radius 1 is 1.53 bits per heavy atom. The highest BCUT2D eigenvalue weighted by atomic mass is 32.2. The van der Waals surface area contributed by atoms with Crippen molar-refractivity contribution in [2.24, 2.45) is 0 Å². The molecule has 1 heterocycles. The summed E-state index contributed by atoms with van der Waals surface area (Å²) in [6.07, 6.45) is 0.955. The van der Waals surface area contributed by atoms with Crippen LogP contribution in [0.1, 0.15) is 6.42 Å². The van der Waals surface area contributed by atoms with Gasteiger partial charge in [0.25, 0.3) is 0 Å². The average molecular weight is 250 g/mol. The zero-order valence-corrected chi connectivity index (χ0v) is 10.7. The van der Waals surface area contributed by atoms with E-state index in [4.69, 9.17) is 17.0 Å². The van der Waals surface area contributed by atoms with Gasteiger partial charge < -0.3 is 15.0 Å². The monoisotopic (exact) mass is 250 g/mol. The van der Waals surface area contributed by atoms with Gasteiger partial charge >= 0.3 is 0 Å². The molecule has 0 aromatic rings. The summed E-state index contributed by atoms with van der Waals surface area (Å²) in [5.74, 6) is 1.47. The van der Waals surface area contributed by atoms with Crippen molar-refractivity contribution in [3.63, 3.8) is 0 Å². The van der Waals surface area contributed by atoms with Gasteiger partial charge in [-0.1, -0.05) is 0 Å². The normalized spacial score (nSPS) is 17.8. The number of methoxy groups -OCH3 is 1. The molecule has 88 valence electrons. The summed E-state index contributed by atoms with van der Waals surface area (Å²) < 4.78 is 16.1. The van der Waals surface area contributed by atoms with E-state index in [1.54, 1.807) is 7.11 Å². The summed E-state index contributed by atoms with van der Waals surface area (Å²) in [5, 5.41) is 3.96. The zero-order valence-electron chi connectivity index (χ0n) is 9.03. The maximum atomic E-state index is 11.1. The van der Waals surface area contributed by atoms with Crippen LogP contribution in [0, 0.1) is 0 Å². The first kappa shape index (κ1) is 12.9. The van der Waals surface area contributed by atoms with E-state index in [1.807, 2.05) is 0 Å². The largest absolute Gasteiger partial charge is 0.385 e. The highest BCUT2D eigenvalue weighted by molar-refractivity contribution is 7.85. The SMILES string of the molecule is COCCCNC(=S)N1CCS(=O)CC1. The Morgan fingerprint density at radius 3 is 2.80 bits per heavy atom. The summed E-state index contributed by atoms with van der Waals surface area (Å²) in [7, 11) is 1.06. The number of thiocarbonyl (C=S) groups is 1. The molecule has 1 fully saturated rings. The van der Waals surface area contributed by atoms with Crippen molar-refractivity contribution in [1.29, 1.82) is 0 Å². The molecule has 0 amide bonds. The molecule has 0 unspecified atom stereocenters. The van der Waals surface area contributed by atoms with Crippen LogP contribution in [0.3, 0.4) is 0 Å². The predicted octanol–water partition coefficient (Wildman–Crippen LogP) is -0.0383. The van der Waals surface area contributed by atoms with Gasteiger partial charge in [-0.2, -0.15) is 0 Å². The Morgan fingerprint density at radius 2 is 2.20 bits per heavy atom. The Bertz CT molecular complexity index is 226. The Balaban J connectivity index is 2.14. The number of hydrogen-bond acceptors (Lipinski definition) is 3. The van der Waals surface area contributed by atoms with Crippen molar-refractivity contribution >= 4 is 28.1 Å². The van der Waals surface area contributed by atoms with Crippen LogP contribution in [-0.2, 0) is 15.5 Å². The molecule has 6 heteroatoms. The maximum Gasteiger partial charge on any atom is 0.168 e. The molecule has 1 saturated heterocycles. The molecule has 0 saturated carbocycles. The van der Waals surface area contributed by atoms with Gasteiger partial charge in [0.1, 0.15) is 0 Å². The smallest absolute Gasteiger partial charge is 0.168 e.